The molecular weight excluding hydrogens is 386 g/mol. The van der Waals surface area contributed by atoms with E-state index in [9.17, 15) is 14.7 Å². The average Bonchev–Trinajstić information content (AvgIpc) is 2.78. The lowest BCUT2D eigenvalue weighted by atomic mass is 10.1. The summed E-state index contributed by atoms with van der Waals surface area (Å²) in [6.07, 6.45) is 0. The molecule has 154 valence electrons. The van der Waals surface area contributed by atoms with Crippen molar-refractivity contribution in [1.29, 1.82) is 0 Å². The summed E-state index contributed by atoms with van der Waals surface area (Å²) in [5.41, 5.74) is 1.36. The molecular formula is C21H21N5O4. The van der Waals surface area contributed by atoms with Crippen molar-refractivity contribution in [3.8, 4) is 5.75 Å². The Hall–Kier alpha value is -3.98. The summed E-state index contributed by atoms with van der Waals surface area (Å²) in [6.45, 7) is -0.168. The number of nitrogens with one attached hydrogen (secondary N) is 3. The van der Waals surface area contributed by atoms with Crippen LogP contribution in [0.15, 0.2) is 54.6 Å². The second-order valence-electron chi connectivity index (χ2n) is 6.21. The smallest absolute Gasteiger partial charge is 0.258 e. The first-order valence-electron chi connectivity index (χ1n) is 9.05. The number of anilines is 3. The van der Waals surface area contributed by atoms with E-state index in [4.69, 9.17) is 4.74 Å². The molecule has 0 unspecified atom stereocenters. The number of ether oxygens (including phenoxy) is 1. The fraction of sp³-hybridized carbons (Fsp3) is 0.143. The molecule has 4 N–H and O–H groups in total. The van der Waals surface area contributed by atoms with E-state index in [1.807, 2.05) is 0 Å². The van der Waals surface area contributed by atoms with Crippen LogP contribution in [0, 0.1) is 0 Å². The van der Waals surface area contributed by atoms with Crippen LogP contribution in [0.4, 0.5) is 17.6 Å². The summed E-state index contributed by atoms with van der Waals surface area (Å²) < 4.78 is 5.13. The first-order chi connectivity index (χ1) is 14.5. The molecule has 9 nitrogen and oxygen atoms in total. The highest BCUT2D eigenvalue weighted by molar-refractivity contribution is 6.05. The van der Waals surface area contributed by atoms with Crippen molar-refractivity contribution in [3.05, 3.63) is 71.3 Å². The van der Waals surface area contributed by atoms with Gasteiger partial charge in [0.05, 0.1) is 13.7 Å². The van der Waals surface area contributed by atoms with Crippen LogP contribution in [-0.4, -0.2) is 41.0 Å². The van der Waals surface area contributed by atoms with E-state index in [1.54, 1.807) is 55.6 Å². The van der Waals surface area contributed by atoms with E-state index in [0.29, 0.717) is 28.3 Å². The topological polar surface area (TPSA) is 125 Å². The Morgan fingerprint density at radius 3 is 2.30 bits per heavy atom. The van der Waals surface area contributed by atoms with Crippen LogP contribution >= 0.6 is 0 Å². The number of amides is 2. The van der Waals surface area contributed by atoms with Crippen molar-refractivity contribution in [1.82, 2.24) is 9.97 Å². The second-order valence-corrected chi connectivity index (χ2v) is 6.21. The zero-order valence-corrected chi connectivity index (χ0v) is 16.5. The number of aromatic nitrogens is 2. The largest absolute Gasteiger partial charge is 0.497 e. The molecule has 0 spiro atoms. The van der Waals surface area contributed by atoms with Crippen LogP contribution in [-0.2, 0) is 6.61 Å². The summed E-state index contributed by atoms with van der Waals surface area (Å²) >= 11 is 0. The number of carbonyl (C=O) groups excluding carboxylic acids is 2. The predicted molar refractivity (Wildman–Crippen MR) is 113 cm³/mol. The number of nitrogens with zero attached hydrogens (tertiary/aromatic N) is 2. The minimum Gasteiger partial charge on any atom is -0.497 e. The van der Waals surface area contributed by atoms with Crippen LogP contribution in [0.3, 0.4) is 0 Å². The van der Waals surface area contributed by atoms with Gasteiger partial charge in [-0.2, -0.15) is 9.97 Å². The number of carbonyl (C=O) groups is 2. The van der Waals surface area contributed by atoms with Crippen LogP contribution in [0.5, 0.6) is 5.75 Å². The Bertz CT molecular complexity index is 991. The van der Waals surface area contributed by atoms with Crippen molar-refractivity contribution >= 4 is 29.4 Å². The Morgan fingerprint density at radius 2 is 1.60 bits per heavy atom. The van der Waals surface area contributed by atoms with Gasteiger partial charge in [0, 0.05) is 24.2 Å². The maximum Gasteiger partial charge on any atom is 0.258 e. The summed E-state index contributed by atoms with van der Waals surface area (Å²) in [5, 5.41) is 17.4. The molecule has 0 aliphatic heterocycles. The van der Waals surface area contributed by atoms with Gasteiger partial charge in [-0.05, 0) is 35.9 Å². The molecule has 2 aromatic carbocycles. The molecule has 2 amide bonds. The SMILES string of the molecule is CNc1cc(NC(=O)c2cccc(CO)c2)nc(NC(=O)c2cccc(OC)c2)n1. The monoisotopic (exact) mass is 407 g/mol. The van der Waals surface area contributed by atoms with E-state index in [1.165, 1.54) is 13.2 Å². The van der Waals surface area contributed by atoms with Crippen molar-refractivity contribution in [3.63, 3.8) is 0 Å². The zero-order valence-electron chi connectivity index (χ0n) is 16.5. The van der Waals surface area contributed by atoms with Gasteiger partial charge in [0.2, 0.25) is 5.95 Å². The molecule has 0 atom stereocenters. The highest BCUT2D eigenvalue weighted by Crippen LogP contribution is 2.18. The van der Waals surface area contributed by atoms with Crippen LogP contribution in [0.2, 0.25) is 0 Å². The summed E-state index contributed by atoms with van der Waals surface area (Å²) in [4.78, 5) is 33.5. The van der Waals surface area contributed by atoms with Crippen molar-refractivity contribution in [2.45, 2.75) is 6.61 Å². The molecule has 30 heavy (non-hydrogen) atoms. The maximum absolute atomic E-state index is 12.5. The van der Waals surface area contributed by atoms with Gasteiger partial charge in [-0.25, -0.2) is 0 Å². The molecule has 3 aromatic rings. The van der Waals surface area contributed by atoms with Gasteiger partial charge in [-0.1, -0.05) is 18.2 Å². The zero-order chi connectivity index (χ0) is 21.5. The Labute approximate surface area is 173 Å². The van der Waals surface area contributed by atoms with E-state index < -0.39 is 11.8 Å². The lowest BCUT2D eigenvalue weighted by Gasteiger charge is -2.11. The van der Waals surface area contributed by atoms with Crippen LogP contribution in [0.25, 0.3) is 0 Å². The molecule has 0 radical (unpaired) electrons. The van der Waals surface area contributed by atoms with Gasteiger partial charge >= 0.3 is 0 Å². The van der Waals surface area contributed by atoms with Crippen LogP contribution in [0.1, 0.15) is 26.3 Å². The number of methoxy groups -OCH3 is 1. The molecule has 0 saturated carbocycles. The fourth-order valence-electron chi connectivity index (χ4n) is 2.63. The quantitative estimate of drug-likeness (QED) is 0.474. The Morgan fingerprint density at radius 1 is 0.933 bits per heavy atom. The lowest BCUT2D eigenvalue weighted by Crippen LogP contribution is -2.18. The maximum atomic E-state index is 12.5. The van der Waals surface area contributed by atoms with E-state index >= 15 is 0 Å². The third kappa shape index (κ3) is 5.09. The molecule has 3 rings (SSSR count). The van der Waals surface area contributed by atoms with Gasteiger partial charge in [0.25, 0.3) is 11.8 Å². The number of aliphatic hydroxyl groups is 1. The highest BCUT2D eigenvalue weighted by atomic mass is 16.5. The molecule has 0 bridgehead atoms. The van der Waals surface area contributed by atoms with E-state index in [-0.39, 0.29) is 18.4 Å². The van der Waals surface area contributed by atoms with Gasteiger partial charge in [0.1, 0.15) is 17.4 Å². The van der Waals surface area contributed by atoms with E-state index in [0.717, 1.165) is 0 Å². The van der Waals surface area contributed by atoms with Crippen molar-refractivity contribution < 1.29 is 19.4 Å². The number of hydrogen-bond donors (Lipinski definition) is 4. The van der Waals surface area contributed by atoms with Gasteiger partial charge in [-0.3, -0.25) is 14.9 Å². The number of hydrogen-bond acceptors (Lipinski definition) is 7. The minimum absolute atomic E-state index is 0.0223. The summed E-state index contributed by atoms with van der Waals surface area (Å²) in [5.74, 6) is 0.353. The van der Waals surface area contributed by atoms with E-state index in [2.05, 4.69) is 25.9 Å². The van der Waals surface area contributed by atoms with Gasteiger partial charge in [-0.15, -0.1) is 0 Å². The first kappa shape index (κ1) is 20.7. The molecule has 0 aliphatic carbocycles. The van der Waals surface area contributed by atoms with Crippen LogP contribution < -0.4 is 20.7 Å². The average molecular weight is 407 g/mol. The predicted octanol–water partition coefficient (Wildman–Crippen LogP) is 2.52. The highest BCUT2D eigenvalue weighted by Gasteiger charge is 2.13. The second kappa shape index (κ2) is 9.48. The van der Waals surface area contributed by atoms with Gasteiger partial charge < -0.3 is 20.5 Å². The minimum atomic E-state index is -0.421. The normalized spacial score (nSPS) is 10.2. The molecule has 1 aromatic heterocycles. The third-order valence-electron chi connectivity index (χ3n) is 4.15. The first-order valence-corrected chi connectivity index (χ1v) is 9.05. The van der Waals surface area contributed by atoms with Gasteiger partial charge in [0.15, 0.2) is 0 Å². The summed E-state index contributed by atoms with van der Waals surface area (Å²) in [6, 6.07) is 14.8. The molecule has 0 aliphatic rings. The molecule has 9 heteroatoms. The fourth-order valence-corrected chi connectivity index (χ4v) is 2.63. The Balaban J connectivity index is 1.80. The van der Waals surface area contributed by atoms with Crippen molar-refractivity contribution in [2.24, 2.45) is 0 Å². The number of benzene rings is 2. The molecule has 0 saturated heterocycles. The third-order valence-corrected chi connectivity index (χ3v) is 4.15. The molecule has 0 fully saturated rings. The standard InChI is InChI=1S/C21H21N5O4/c1-22-17-11-18(23-19(28)14-6-3-5-13(9-14)12-27)25-21(24-17)26-20(29)15-7-4-8-16(10-15)30-2/h3-11,27H,12H2,1-2H3,(H3,22,23,24,25,26,28,29). The molecule has 1 heterocycles. The Kier molecular flexibility index (Phi) is 6.56. The number of aliphatic hydroxyl groups excluding tert-OH is 1. The van der Waals surface area contributed by atoms with Crippen molar-refractivity contribution in [2.75, 3.05) is 30.1 Å². The summed E-state index contributed by atoms with van der Waals surface area (Å²) in [7, 11) is 3.17. The lowest BCUT2D eigenvalue weighted by molar-refractivity contribution is 0.101. The number of rotatable bonds is 7.